The molecule has 21 heavy (non-hydrogen) atoms. The maximum atomic E-state index is 13.0. The van der Waals surface area contributed by atoms with E-state index < -0.39 is 36.2 Å². The minimum Gasteiger partial charge on any atom is -0.481 e. The van der Waals surface area contributed by atoms with Crippen molar-refractivity contribution in [3.05, 3.63) is 35.6 Å². The topological polar surface area (TPSA) is 107 Å². The highest BCUT2D eigenvalue weighted by Crippen LogP contribution is 2.06. The Morgan fingerprint density at radius 3 is 2.52 bits per heavy atom. The molecule has 8 heteroatoms. The van der Waals surface area contributed by atoms with E-state index in [1.165, 1.54) is 25.2 Å². The second kappa shape index (κ2) is 7.22. The summed E-state index contributed by atoms with van der Waals surface area (Å²) in [5.74, 6) is -3.23. The summed E-state index contributed by atoms with van der Waals surface area (Å²) in [6, 6.07) is 3.32. The zero-order valence-electron chi connectivity index (χ0n) is 11.2. The molecule has 0 unspecified atom stereocenters. The van der Waals surface area contributed by atoms with Gasteiger partial charge in [0.1, 0.15) is 11.9 Å². The molecule has 0 bridgehead atoms. The largest absolute Gasteiger partial charge is 0.481 e. The van der Waals surface area contributed by atoms with Gasteiger partial charge >= 0.3 is 18.0 Å². The summed E-state index contributed by atoms with van der Waals surface area (Å²) in [5.41, 5.74) is 0.526. The van der Waals surface area contributed by atoms with E-state index in [9.17, 15) is 18.8 Å². The second-order valence-corrected chi connectivity index (χ2v) is 4.42. The molecular weight excluding hydrogens is 283 g/mol. The van der Waals surface area contributed by atoms with Crippen molar-refractivity contribution in [2.24, 2.45) is 0 Å². The van der Waals surface area contributed by atoms with Crippen molar-refractivity contribution < 1.29 is 29.0 Å². The summed E-state index contributed by atoms with van der Waals surface area (Å²) in [6.07, 6.45) is -0.727. The Bertz CT molecular complexity index is 549. The van der Waals surface area contributed by atoms with E-state index in [0.717, 1.165) is 4.90 Å². The molecule has 0 saturated heterocycles. The third-order valence-corrected chi connectivity index (χ3v) is 2.63. The standard InChI is InChI=1S/C13H15FN2O5/c1-16(7-8-3-2-4-9(14)5-8)13(21)15-10(12(19)20)6-11(17)18/h2-5,10H,6-7H2,1H3,(H,15,21)(H,17,18)(H,19,20)/t10-/m0/s1. The first-order valence-corrected chi connectivity index (χ1v) is 6.00. The lowest BCUT2D eigenvalue weighted by atomic mass is 10.2. The van der Waals surface area contributed by atoms with E-state index in [1.54, 1.807) is 6.07 Å². The van der Waals surface area contributed by atoms with Crippen molar-refractivity contribution in [2.75, 3.05) is 7.05 Å². The fourth-order valence-corrected chi connectivity index (χ4v) is 1.61. The van der Waals surface area contributed by atoms with Crippen LogP contribution < -0.4 is 5.32 Å². The molecule has 1 aromatic carbocycles. The van der Waals surface area contributed by atoms with Crippen molar-refractivity contribution in [3.8, 4) is 0 Å². The third kappa shape index (κ3) is 5.47. The molecule has 0 aromatic heterocycles. The fourth-order valence-electron chi connectivity index (χ4n) is 1.61. The van der Waals surface area contributed by atoms with Crippen LogP contribution in [0, 0.1) is 5.82 Å². The molecule has 2 amide bonds. The molecule has 0 aliphatic heterocycles. The zero-order valence-corrected chi connectivity index (χ0v) is 11.2. The maximum absolute atomic E-state index is 13.0. The minimum absolute atomic E-state index is 0.0585. The van der Waals surface area contributed by atoms with Crippen LogP contribution in [0.25, 0.3) is 0 Å². The first-order valence-electron chi connectivity index (χ1n) is 6.00. The number of nitrogens with one attached hydrogen (secondary N) is 1. The first kappa shape index (κ1) is 16.4. The van der Waals surface area contributed by atoms with Crippen LogP contribution in [0.5, 0.6) is 0 Å². The van der Waals surface area contributed by atoms with E-state index in [1.807, 2.05) is 0 Å². The average molecular weight is 298 g/mol. The summed E-state index contributed by atoms with van der Waals surface area (Å²) >= 11 is 0. The lowest BCUT2D eigenvalue weighted by molar-refractivity contribution is -0.145. The number of amides is 2. The van der Waals surface area contributed by atoms with E-state index in [2.05, 4.69) is 5.32 Å². The number of halogens is 1. The number of hydrogen-bond acceptors (Lipinski definition) is 3. The predicted octanol–water partition coefficient (Wildman–Crippen LogP) is 0.895. The first-order chi connectivity index (χ1) is 9.79. The summed E-state index contributed by atoms with van der Waals surface area (Å²) in [5, 5.41) is 19.5. The van der Waals surface area contributed by atoms with Gasteiger partial charge in [-0.15, -0.1) is 0 Å². The van der Waals surface area contributed by atoms with Gasteiger partial charge in [0, 0.05) is 13.6 Å². The predicted molar refractivity (Wildman–Crippen MR) is 70.1 cm³/mol. The van der Waals surface area contributed by atoms with E-state index in [4.69, 9.17) is 10.2 Å². The van der Waals surface area contributed by atoms with E-state index in [0.29, 0.717) is 5.56 Å². The van der Waals surface area contributed by atoms with Gasteiger partial charge in [0.15, 0.2) is 0 Å². The second-order valence-electron chi connectivity index (χ2n) is 4.42. The van der Waals surface area contributed by atoms with Crippen molar-refractivity contribution in [3.63, 3.8) is 0 Å². The van der Waals surface area contributed by atoms with Crippen LogP contribution in [0.2, 0.25) is 0 Å². The number of hydrogen-bond donors (Lipinski definition) is 3. The van der Waals surface area contributed by atoms with Crippen molar-refractivity contribution >= 4 is 18.0 Å². The van der Waals surface area contributed by atoms with Gasteiger partial charge in [-0.05, 0) is 17.7 Å². The van der Waals surface area contributed by atoms with Gasteiger partial charge < -0.3 is 20.4 Å². The Morgan fingerprint density at radius 2 is 2.00 bits per heavy atom. The molecule has 1 atom stereocenters. The molecule has 0 aliphatic carbocycles. The number of carboxylic acid groups (broad SMARTS) is 2. The molecule has 1 aromatic rings. The highest BCUT2D eigenvalue weighted by atomic mass is 19.1. The molecule has 1 rings (SSSR count). The van der Waals surface area contributed by atoms with Crippen LogP contribution in [0.1, 0.15) is 12.0 Å². The van der Waals surface area contributed by atoms with E-state index >= 15 is 0 Å². The molecular formula is C13H15FN2O5. The molecule has 114 valence electrons. The normalized spacial score (nSPS) is 11.5. The number of carbonyl (C=O) groups is 3. The lowest BCUT2D eigenvalue weighted by Gasteiger charge is -2.20. The van der Waals surface area contributed by atoms with Crippen molar-refractivity contribution in [1.82, 2.24) is 10.2 Å². The molecule has 0 heterocycles. The Morgan fingerprint density at radius 1 is 1.33 bits per heavy atom. The number of nitrogens with zero attached hydrogens (tertiary/aromatic N) is 1. The monoisotopic (exact) mass is 298 g/mol. The Labute approximate surface area is 120 Å². The highest BCUT2D eigenvalue weighted by Gasteiger charge is 2.24. The zero-order chi connectivity index (χ0) is 16.0. The van der Waals surface area contributed by atoms with Gasteiger partial charge in [0.25, 0.3) is 0 Å². The number of benzene rings is 1. The molecule has 0 fully saturated rings. The number of urea groups is 1. The molecule has 0 radical (unpaired) electrons. The van der Waals surface area contributed by atoms with Crippen molar-refractivity contribution in [2.45, 2.75) is 19.0 Å². The van der Waals surface area contributed by atoms with Gasteiger partial charge in [-0.1, -0.05) is 12.1 Å². The van der Waals surface area contributed by atoms with Crippen LogP contribution in [0.15, 0.2) is 24.3 Å². The summed E-state index contributed by atoms with van der Waals surface area (Å²) in [6.45, 7) is 0.0585. The number of carbonyl (C=O) groups excluding carboxylic acids is 1. The number of rotatable bonds is 6. The third-order valence-electron chi connectivity index (χ3n) is 2.63. The van der Waals surface area contributed by atoms with Gasteiger partial charge in [-0.3, -0.25) is 4.79 Å². The van der Waals surface area contributed by atoms with Gasteiger partial charge in [-0.2, -0.15) is 0 Å². The fraction of sp³-hybridized carbons (Fsp3) is 0.308. The molecule has 0 saturated carbocycles. The molecule has 7 nitrogen and oxygen atoms in total. The van der Waals surface area contributed by atoms with E-state index in [-0.39, 0.29) is 6.54 Å². The number of carboxylic acids is 2. The highest BCUT2D eigenvalue weighted by molar-refractivity contribution is 5.86. The summed E-state index contributed by atoms with van der Waals surface area (Å²) < 4.78 is 13.0. The van der Waals surface area contributed by atoms with Gasteiger partial charge in [-0.25, -0.2) is 14.0 Å². The molecule has 3 N–H and O–H groups in total. The van der Waals surface area contributed by atoms with Crippen LogP contribution in [0.4, 0.5) is 9.18 Å². The molecule has 0 aliphatic rings. The quantitative estimate of drug-likeness (QED) is 0.723. The van der Waals surface area contributed by atoms with Crippen LogP contribution in [0.3, 0.4) is 0 Å². The smallest absolute Gasteiger partial charge is 0.326 e. The lowest BCUT2D eigenvalue weighted by Crippen LogP contribution is -2.47. The number of aliphatic carboxylic acids is 2. The Balaban J connectivity index is 2.64. The SMILES string of the molecule is CN(Cc1cccc(F)c1)C(=O)N[C@@H](CC(=O)O)C(=O)O. The van der Waals surface area contributed by atoms with Crippen molar-refractivity contribution in [1.29, 1.82) is 0 Å². The average Bonchev–Trinajstić information content (AvgIpc) is 2.37. The maximum Gasteiger partial charge on any atom is 0.326 e. The van der Waals surface area contributed by atoms with Gasteiger partial charge in [0.05, 0.1) is 6.42 Å². The van der Waals surface area contributed by atoms with Crippen LogP contribution in [-0.4, -0.2) is 46.2 Å². The molecule has 0 spiro atoms. The minimum atomic E-state index is -1.52. The van der Waals surface area contributed by atoms with Gasteiger partial charge in [0.2, 0.25) is 0 Å². The van der Waals surface area contributed by atoms with Crippen LogP contribution >= 0.6 is 0 Å². The Kier molecular flexibility index (Phi) is 5.65. The van der Waals surface area contributed by atoms with Crippen LogP contribution in [-0.2, 0) is 16.1 Å². The summed E-state index contributed by atoms with van der Waals surface area (Å²) in [7, 11) is 1.39. The Hall–Kier alpha value is -2.64. The summed E-state index contributed by atoms with van der Waals surface area (Å²) in [4.78, 5) is 34.3.